The van der Waals surface area contributed by atoms with Crippen molar-refractivity contribution in [2.45, 2.75) is 19.8 Å². The third kappa shape index (κ3) is 4.45. The molecule has 0 unspecified atom stereocenters. The normalized spacial score (nSPS) is 14.7. The highest BCUT2D eigenvalue weighted by Gasteiger charge is 2.29. The van der Waals surface area contributed by atoms with E-state index in [1.54, 1.807) is 23.1 Å². The van der Waals surface area contributed by atoms with Crippen molar-refractivity contribution in [2.24, 2.45) is 5.92 Å². The van der Waals surface area contributed by atoms with Crippen molar-refractivity contribution < 1.29 is 18.7 Å². The van der Waals surface area contributed by atoms with Gasteiger partial charge in [0.15, 0.2) is 0 Å². The summed E-state index contributed by atoms with van der Waals surface area (Å²) in [5.41, 5.74) is 0.722. The fourth-order valence-electron chi connectivity index (χ4n) is 3.24. The average Bonchev–Trinajstić information content (AvgIpc) is 2.69. The lowest BCUT2D eigenvalue weighted by Gasteiger charge is -2.31. The summed E-state index contributed by atoms with van der Waals surface area (Å²) < 4.78 is 19.4. The van der Waals surface area contributed by atoms with Crippen LogP contribution in [0.2, 0.25) is 0 Å². The summed E-state index contributed by atoms with van der Waals surface area (Å²) >= 11 is 0. The number of para-hydroxylation sites is 2. The van der Waals surface area contributed by atoms with Crippen LogP contribution in [-0.2, 0) is 4.79 Å². The third-order valence-corrected chi connectivity index (χ3v) is 4.70. The minimum absolute atomic E-state index is 0.0750. The second kappa shape index (κ2) is 8.66. The molecule has 1 N–H and O–H groups in total. The number of carbonyl (C=O) groups is 2. The lowest BCUT2D eigenvalue weighted by atomic mass is 9.95. The number of likely N-dealkylation sites (tertiary alicyclic amines) is 1. The van der Waals surface area contributed by atoms with Gasteiger partial charge in [0.1, 0.15) is 11.6 Å². The molecule has 0 spiro atoms. The molecule has 0 atom stereocenters. The van der Waals surface area contributed by atoms with Crippen LogP contribution in [0, 0.1) is 11.7 Å². The third-order valence-electron chi connectivity index (χ3n) is 4.70. The van der Waals surface area contributed by atoms with Gasteiger partial charge in [-0.2, -0.15) is 0 Å². The lowest BCUT2D eigenvalue weighted by molar-refractivity contribution is -0.121. The molecule has 5 nitrogen and oxygen atoms in total. The molecule has 3 rings (SSSR count). The summed E-state index contributed by atoms with van der Waals surface area (Å²) in [5, 5.41) is 2.92. The second-order valence-electron chi connectivity index (χ2n) is 6.46. The van der Waals surface area contributed by atoms with E-state index in [0.29, 0.717) is 44.0 Å². The zero-order valence-electron chi connectivity index (χ0n) is 15.3. The first-order valence-corrected chi connectivity index (χ1v) is 9.16. The Morgan fingerprint density at radius 1 is 1.11 bits per heavy atom. The largest absolute Gasteiger partial charge is 0.492 e. The predicted octanol–water partition coefficient (Wildman–Crippen LogP) is 3.72. The van der Waals surface area contributed by atoms with Crippen LogP contribution in [0.4, 0.5) is 10.1 Å². The number of rotatable bonds is 5. The zero-order chi connectivity index (χ0) is 19.2. The SMILES string of the molecule is CCOc1ccccc1NC(=O)C1CCN(C(=O)c2ccccc2F)CC1. The van der Waals surface area contributed by atoms with Crippen LogP contribution in [0.1, 0.15) is 30.1 Å². The fraction of sp³-hybridized carbons (Fsp3) is 0.333. The van der Waals surface area contributed by atoms with E-state index in [4.69, 9.17) is 4.74 Å². The van der Waals surface area contributed by atoms with Gasteiger partial charge in [-0.3, -0.25) is 9.59 Å². The van der Waals surface area contributed by atoms with Gasteiger partial charge in [-0.25, -0.2) is 4.39 Å². The molecule has 1 aliphatic rings. The quantitative estimate of drug-likeness (QED) is 0.873. The summed E-state index contributed by atoms with van der Waals surface area (Å²) in [6, 6.07) is 13.3. The molecule has 142 valence electrons. The number of halogens is 1. The summed E-state index contributed by atoms with van der Waals surface area (Å²) in [4.78, 5) is 26.7. The molecule has 0 saturated carbocycles. The summed E-state index contributed by atoms with van der Waals surface area (Å²) in [6.45, 7) is 3.26. The van der Waals surface area contributed by atoms with Gasteiger partial charge >= 0.3 is 0 Å². The number of benzene rings is 2. The van der Waals surface area contributed by atoms with E-state index in [0.717, 1.165) is 0 Å². The molecule has 27 heavy (non-hydrogen) atoms. The Morgan fingerprint density at radius 3 is 2.48 bits per heavy atom. The van der Waals surface area contributed by atoms with Crippen LogP contribution in [0.5, 0.6) is 5.75 Å². The van der Waals surface area contributed by atoms with Crippen molar-refractivity contribution in [1.29, 1.82) is 0 Å². The number of nitrogens with one attached hydrogen (secondary N) is 1. The van der Waals surface area contributed by atoms with Crippen molar-refractivity contribution in [2.75, 3.05) is 25.0 Å². The Bertz CT molecular complexity index is 817. The highest BCUT2D eigenvalue weighted by atomic mass is 19.1. The number of anilines is 1. The van der Waals surface area contributed by atoms with Crippen LogP contribution in [0.3, 0.4) is 0 Å². The number of hydrogen-bond donors (Lipinski definition) is 1. The van der Waals surface area contributed by atoms with Crippen LogP contribution in [0.25, 0.3) is 0 Å². The molecule has 2 aromatic carbocycles. The van der Waals surface area contributed by atoms with E-state index < -0.39 is 5.82 Å². The van der Waals surface area contributed by atoms with E-state index in [1.165, 1.54) is 12.1 Å². The molecule has 1 fully saturated rings. The maximum atomic E-state index is 13.8. The minimum atomic E-state index is -0.519. The van der Waals surface area contributed by atoms with E-state index in [-0.39, 0.29) is 23.3 Å². The van der Waals surface area contributed by atoms with Crippen molar-refractivity contribution in [3.63, 3.8) is 0 Å². The Balaban J connectivity index is 1.58. The molecule has 0 aliphatic carbocycles. The number of amides is 2. The maximum Gasteiger partial charge on any atom is 0.256 e. The van der Waals surface area contributed by atoms with Crippen LogP contribution >= 0.6 is 0 Å². The molecular weight excluding hydrogens is 347 g/mol. The molecule has 1 saturated heterocycles. The van der Waals surface area contributed by atoms with Crippen molar-refractivity contribution in [3.05, 3.63) is 59.9 Å². The average molecular weight is 370 g/mol. The summed E-state index contributed by atoms with van der Waals surface area (Å²) in [6.07, 6.45) is 1.09. The topological polar surface area (TPSA) is 58.6 Å². The molecule has 0 aromatic heterocycles. The van der Waals surface area contributed by atoms with E-state index in [1.807, 2.05) is 25.1 Å². The highest BCUT2D eigenvalue weighted by Crippen LogP contribution is 2.26. The minimum Gasteiger partial charge on any atom is -0.492 e. The first-order valence-electron chi connectivity index (χ1n) is 9.16. The highest BCUT2D eigenvalue weighted by molar-refractivity contribution is 5.96. The monoisotopic (exact) mass is 370 g/mol. The summed E-state index contributed by atoms with van der Waals surface area (Å²) in [5.74, 6) is -0.478. The van der Waals surface area contributed by atoms with Gasteiger partial charge in [0.05, 0.1) is 17.9 Å². The number of hydrogen-bond acceptors (Lipinski definition) is 3. The van der Waals surface area contributed by atoms with Gasteiger partial charge < -0.3 is 15.0 Å². The van der Waals surface area contributed by atoms with Crippen LogP contribution < -0.4 is 10.1 Å². The van der Waals surface area contributed by atoms with E-state index in [2.05, 4.69) is 5.32 Å². The lowest BCUT2D eigenvalue weighted by Crippen LogP contribution is -2.41. The molecule has 6 heteroatoms. The molecule has 1 aliphatic heterocycles. The van der Waals surface area contributed by atoms with E-state index >= 15 is 0 Å². The second-order valence-corrected chi connectivity index (χ2v) is 6.46. The molecule has 0 bridgehead atoms. The van der Waals surface area contributed by atoms with Gasteiger partial charge in [-0.05, 0) is 44.0 Å². The van der Waals surface area contributed by atoms with Gasteiger partial charge in [0.25, 0.3) is 5.91 Å². The van der Waals surface area contributed by atoms with E-state index in [9.17, 15) is 14.0 Å². The van der Waals surface area contributed by atoms with Crippen molar-refractivity contribution >= 4 is 17.5 Å². The Labute approximate surface area is 158 Å². The summed E-state index contributed by atoms with van der Waals surface area (Å²) in [7, 11) is 0. The molecule has 2 amide bonds. The smallest absolute Gasteiger partial charge is 0.256 e. The zero-order valence-corrected chi connectivity index (χ0v) is 15.3. The van der Waals surface area contributed by atoms with Gasteiger partial charge in [-0.15, -0.1) is 0 Å². The van der Waals surface area contributed by atoms with Gasteiger partial charge in [0, 0.05) is 19.0 Å². The molecule has 1 heterocycles. The van der Waals surface area contributed by atoms with Crippen LogP contribution in [-0.4, -0.2) is 36.4 Å². The standard InChI is InChI=1S/C21H23FN2O3/c1-2-27-19-10-6-5-9-18(19)23-20(25)15-11-13-24(14-12-15)21(26)16-7-3-4-8-17(16)22/h3-10,15H,2,11-14H2,1H3,(H,23,25). The molecular formula is C21H23FN2O3. The number of carbonyl (C=O) groups excluding carboxylic acids is 2. The Morgan fingerprint density at radius 2 is 1.78 bits per heavy atom. The fourth-order valence-corrected chi connectivity index (χ4v) is 3.24. The molecule has 2 aromatic rings. The maximum absolute atomic E-state index is 13.8. The van der Waals surface area contributed by atoms with Crippen molar-refractivity contribution in [3.8, 4) is 5.75 Å². The Kier molecular flexibility index (Phi) is 6.06. The Hall–Kier alpha value is -2.89. The first kappa shape index (κ1) is 18.9. The predicted molar refractivity (Wildman–Crippen MR) is 101 cm³/mol. The first-order chi connectivity index (χ1) is 13.1. The van der Waals surface area contributed by atoms with Gasteiger partial charge in [-0.1, -0.05) is 24.3 Å². The number of nitrogens with zero attached hydrogens (tertiary/aromatic N) is 1. The molecule has 0 radical (unpaired) electrons. The van der Waals surface area contributed by atoms with Gasteiger partial charge in [0.2, 0.25) is 5.91 Å². The van der Waals surface area contributed by atoms with Crippen molar-refractivity contribution in [1.82, 2.24) is 4.90 Å². The number of ether oxygens (including phenoxy) is 1. The van der Waals surface area contributed by atoms with Crippen LogP contribution in [0.15, 0.2) is 48.5 Å². The number of piperidine rings is 1.